The summed E-state index contributed by atoms with van der Waals surface area (Å²) in [5.41, 5.74) is 5.48. The van der Waals surface area contributed by atoms with Crippen LogP contribution >= 0.6 is 11.5 Å². The van der Waals surface area contributed by atoms with Crippen molar-refractivity contribution in [1.29, 1.82) is 0 Å². The van der Waals surface area contributed by atoms with Crippen LogP contribution in [0.3, 0.4) is 0 Å². The van der Waals surface area contributed by atoms with E-state index in [0.717, 1.165) is 24.6 Å². The number of aromatic nitrogens is 2. The molecule has 1 aromatic heterocycles. The highest BCUT2D eigenvalue weighted by Gasteiger charge is 2.24. The lowest BCUT2D eigenvalue weighted by atomic mass is 9.94. The maximum Gasteiger partial charge on any atom is 0.233 e. The Morgan fingerprint density at radius 1 is 1.60 bits per heavy atom. The molecule has 3 N–H and O–H groups in total. The van der Waals surface area contributed by atoms with E-state index in [0.29, 0.717) is 17.9 Å². The first-order valence-corrected chi connectivity index (χ1v) is 5.97. The third-order valence-corrected chi connectivity index (χ3v) is 3.52. The Bertz CT molecular complexity index is 326. The lowest BCUT2D eigenvalue weighted by molar-refractivity contribution is 0.206. The monoisotopic (exact) mass is 227 g/mol. The Morgan fingerprint density at radius 3 is 3.00 bits per heavy atom. The second kappa shape index (κ2) is 4.32. The number of nitrogens with two attached hydrogens (primary N) is 1. The predicted molar refractivity (Wildman–Crippen MR) is 63.0 cm³/mol. The van der Waals surface area contributed by atoms with Gasteiger partial charge in [-0.25, -0.2) is 0 Å². The molecule has 1 saturated heterocycles. The summed E-state index contributed by atoms with van der Waals surface area (Å²) in [7, 11) is 2.16. The van der Waals surface area contributed by atoms with Crippen molar-refractivity contribution in [2.75, 3.05) is 31.2 Å². The van der Waals surface area contributed by atoms with Gasteiger partial charge in [0.05, 0.1) is 0 Å². The number of piperidine rings is 1. The van der Waals surface area contributed by atoms with Gasteiger partial charge >= 0.3 is 0 Å². The number of nitrogens with one attached hydrogen (secondary N) is 1. The zero-order chi connectivity index (χ0) is 10.8. The van der Waals surface area contributed by atoms with Gasteiger partial charge in [0.2, 0.25) is 11.1 Å². The Labute approximate surface area is 93.9 Å². The van der Waals surface area contributed by atoms with Crippen LogP contribution in [0.15, 0.2) is 0 Å². The smallest absolute Gasteiger partial charge is 0.233 e. The van der Waals surface area contributed by atoms with E-state index in [1.54, 1.807) is 0 Å². The molecule has 0 aromatic carbocycles. The first kappa shape index (κ1) is 10.6. The minimum atomic E-state index is 0.364. The molecule has 1 fully saturated rings. The van der Waals surface area contributed by atoms with Crippen LogP contribution in [0.2, 0.25) is 0 Å². The molecule has 1 aliphatic heterocycles. The molecule has 2 rings (SSSR count). The van der Waals surface area contributed by atoms with Gasteiger partial charge in [-0.05, 0) is 25.9 Å². The van der Waals surface area contributed by atoms with Gasteiger partial charge in [-0.15, -0.1) is 0 Å². The summed E-state index contributed by atoms with van der Waals surface area (Å²) in [6, 6.07) is 0.494. The molecule has 2 unspecified atom stereocenters. The number of nitrogen functional groups attached to an aromatic ring is 1. The molecule has 0 bridgehead atoms. The van der Waals surface area contributed by atoms with Crippen LogP contribution in [0.5, 0.6) is 0 Å². The molecule has 1 aliphatic rings. The molecule has 0 aliphatic carbocycles. The molecule has 2 heterocycles. The number of nitrogens with zero attached hydrogens (tertiary/aromatic N) is 3. The van der Waals surface area contributed by atoms with Crippen LogP contribution in [0.4, 0.5) is 11.1 Å². The van der Waals surface area contributed by atoms with Gasteiger partial charge in [-0.3, -0.25) is 0 Å². The standard InChI is InChI=1S/C9H17N5S/c1-6-5-14(2)4-3-7(6)11-9-12-8(10)13-15-9/h6-7H,3-5H2,1-2H3,(H3,10,11,12,13). The molecule has 84 valence electrons. The lowest BCUT2D eigenvalue weighted by Gasteiger charge is -2.34. The van der Waals surface area contributed by atoms with E-state index in [1.807, 2.05) is 0 Å². The molecule has 0 spiro atoms. The molecule has 1 aromatic rings. The highest BCUT2D eigenvalue weighted by atomic mass is 32.1. The normalized spacial score (nSPS) is 27.9. The van der Waals surface area contributed by atoms with E-state index < -0.39 is 0 Å². The van der Waals surface area contributed by atoms with Crippen molar-refractivity contribution in [3.63, 3.8) is 0 Å². The molecule has 5 nitrogen and oxygen atoms in total. The summed E-state index contributed by atoms with van der Waals surface area (Å²) in [6.07, 6.45) is 1.15. The second-order valence-corrected chi connectivity index (χ2v) is 4.99. The summed E-state index contributed by atoms with van der Waals surface area (Å²) in [4.78, 5) is 6.48. The Morgan fingerprint density at radius 2 is 2.40 bits per heavy atom. The minimum Gasteiger partial charge on any atom is -0.367 e. The maximum absolute atomic E-state index is 5.48. The Hall–Kier alpha value is -0.880. The van der Waals surface area contributed by atoms with Crippen LogP contribution in [0.1, 0.15) is 13.3 Å². The lowest BCUT2D eigenvalue weighted by Crippen LogP contribution is -2.43. The van der Waals surface area contributed by atoms with Crippen molar-refractivity contribution in [2.45, 2.75) is 19.4 Å². The van der Waals surface area contributed by atoms with Crippen LogP contribution in [0, 0.1) is 5.92 Å². The summed E-state index contributed by atoms with van der Waals surface area (Å²) in [6.45, 7) is 4.53. The SMILES string of the molecule is CC1CN(C)CCC1Nc1nc(N)ns1. The van der Waals surface area contributed by atoms with Crippen molar-refractivity contribution in [2.24, 2.45) is 5.92 Å². The number of likely N-dealkylation sites (tertiary alicyclic amines) is 1. The van der Waals surface area contributed by atoms with Crippen LogP contribution in [-0.4, -0.2) is 40.4 Å². The zero-order valence-corrected chi connectivity index (χ0v) is 9.92. The van der Waals surface area contributed by atoms with Gasteiger partial charge < -0.3 is 16.0 Å². The summed E-state index contributed by atoms with van der Waals surface area (Å²) in [5.74, 6) is 0.997. The van der Waals surface area contributed by atoms with Crippen molar-refractivity contribution < 1.29 is 0 Å². The molecular weight excluding hydrogens is 210 g/mol. The number of hydrogen-bond acceptors (Lipinski definition) is 6. The summed E-state index contributed by atoms with van der Waals surface area (Å²) < 4.78 is 3.96. The van der Waals surface area contributed by atoms with Crippen LogP contribution in [0.25, 0.3) is 0 Å². The molecule has 0 amide bonds. The van der Waals surface area contributed by atoms with E-state index >= 15 is 0 Å². The van der Waals surface area contributed by atoms with Gasteiger partial charge in [-0.2, -0.15) is 9.36 Å². The molecule has 0 radical (unpaired) electrons. The van der Waals surface area contributed by atoms with E-state index in [1.165, 1.54) is 11.5 Å². The predicted octanol–water partition coefficient (Wildman–Crippen LogP) is 0.872. The van der Waals surface area contributed by atoms with E-state index in [4.69, 9.17) is 5.73 Å². The van der Waals surface area contributed by atoms with Gasteiger partial charge in [0, 0.05) is 24.1 Å². The minimum absolute atomic E-state index is 0.364. The number of hydrogen-bond donors (Lipinski definition) is 2. The van der Waals surface area contributed by atoms with Gasteiger partial charge in [0.1, 0.15) is 0 Å². The van der Waals surface area contributed by atoms with Crippen molar-refractivity contribution >= 4 is 22.6 Å². The molecule has 2 atom stereocenters. The second-order valence-electron chi connectivity index (χ2n) is 4.24. The highest BCUT2D eigenvalue weighted by Crippen LogP contribution is 2.21. The molecule has 6 heteroatoms. The fraction of sp³-hybridized carbons (Fsp3) is 0.778. The van der Waals surface area contributed by atoms with Crippen molar-refractivity contribution in [3.05, 3.63) is 0 Å². The maximum atomic E-state index is 5.48. The highest BCUT2D eigenvalue weighted by molar-refractivity contribution is 7.09. The Balaban J connectivity index is 1.94. The van der Waals surface area contributed by atoms with Gasteiger partial charge in [0.15, 0.2) is 0 Å². The molecule has 0 saturated carbocycles. The number of anilines is 2. The van der Waals surface area contributed by atoms with Crippen LogP contribution in [-0.2, 0) is 0 Å². The third kappa shape index (κ3) is 2.57. The van der Waals surface area contributed by atoms with Crippen LogP contribution < -0.4 is 11.1 Å². The van der Waals surface area contributed by atoms with E-state index in [2.05, 4.69) is 33.5 Å². The van der Waals surface area contributed by atoms with Gasteiger partial charge in [0.25, 0.3) is 0 Å². The van der Waals surface area contributed by atoms with E-state index in [-0.39, 0.29) is 0 Å². The zero-order valence-electron chi connectivity index (χ0n) is 9.10. The number of rotatable bonds is 2. The van der Waals surface area contributed by atoms with Crippen molar-refractivity contribution in [3.8, 4) is 0 Å². The quantitative estimate of drug-likeness (QED) is 0.785. The first-order chi connectivity index (χ1) is 7.15. The third-order valence-electron chi connectivity index (χ3n) is 2.86. The fourth-order valence-electron chi connectivity index (χ4n) is 2.02. The summed E-state index contributed by atoms with van der Waals surface area (Å²) in [5, 5.41) is 4.25. The summed E-state index contributed by atoms with van der Waals surface area (Å²) >= 11 is 1.34. The van der Waals surface area contributed by atoms with E-state index in [9.17, 15) is 0 Å². The average molecular weight is 227 g/mol. The average Bonchev–Trinajstić information content (AvgIpc) is 2.56. The fourth-order valence-corrected chi connectivity index (χ4v) is 2.58. The molecule has 15 heavy (non-hydrogen) atoms. The largest absolute Gasteiger partial charge is 0.367 e. The van der Waals surface area contributed by atoms with Crippen molar-refractivity contribution in [1.82, 2.24) is 14.3 Å². The topological polar surface area (TPSA) is 67.1 Å². The Kier molecular flexibility index (Phi) is 3.06. The molecular formula is C9H17N5S. The van der Waals surface area contributed by atoms with Gasteiger partial charge in [-0.1, -0.05) is 6.92 Å². The first-order valence-electron chi connectivity index (χ1n) is 5.19.